The van der Waals surface area contributed by atoms with E-state index in [1.807, 2.05) is 0 Å². The highest BCUT2D eigenvalue weighted by Crippen LogP contribution is 2.34. The van der Waals surface area contributed by atoms with E-state index in [-0.39, 0.29) is 5.25 Å². The van der Waals surface area contributed by atoms with E-state index in [4.69, 9.17) is 0 Å². The molecule has 0 aliphatic heterocycles. The summed E-state index contributed by atoms with van der Waals surface area (Å²) in [6, 6.07) is 0. The summed E-state index contributed by atoms with van der Waals surface area (Å²) in [6.45, 7) is 2.21. The molecule has 2 aliphatic rings. The number of aromatic nitrogens is 1. The average Bonchev–Trinajstić information content (AvgIpc) is 3.15. The van der Waals surface area contributed by atoms with Gasteiger partial charge in [-0.25, -0.2) is 13.4 Å². The van der Waals surface area contributed by atoms with Crippen LogP contribution in [0.4, 0.5) is 5.13 Å². The van der Waals surface area contributed by atoms with Crippen LogP contribution in [-0.2, 0) is 27.5 Å². The van der Waals surface area contributed by atoms with Crippen LogP contribution in [0, 0.1) is 5.92 Å². The maximum Gasteiger partial charge on any atom is 0.241 e. The van der Waals surface area contributed by atoms with Gasteiger partial charge in [0.25, 0.3) is 0 Å². The van der Waals surface area contributed by atoms with Crippen molar-refractivity contribution in [2.45, 2.75) is 70.0 Å². The molecule has 3 rings (SSSR count). The van der Waals surface area contributed by atoms with Gasteiger partial charge in [-0.3, -0.25) is 4.79 Å². The van der Waals surface area contributed by atoms with Crippen LogP contribution in [0.15, 0.2) is 0 Å². The zero-order valence-corrected chi connectivity index (χ0v) is 15.8. The number of hydrogen-bond acceptors (Lipinski definition) is 5. The minimum absolute atomic E-state index is 0.331. The Labute approximate surface area is 148 Å². The van der Waals surface area contributed by atoms with Crippen molar-refractivity contribution in [3.63, 3.8) is 0 Å². The van der Waals surface area contributed by atoms with Crippen molar-refractivity contribution in [2.24, 2.45) is 5.92 Å². The van der Waals surface area contributed by atoms with Gasteiger partial charge in [0.1, 0.15) is 5.75 Å². The molecule has 1 amide bonds. The van der Waals surface area contributed by atoms with Gasteiger partial charge < -0.3 is 5.32 Å². The molecule has 1 heterocycles. The minimum atomic E-state index is -3.33. The van der Waals surface area contributed by atoms with Crippen LogP contribution in [0.3, 0.4) is 0 Å². The maximum atomic E-state index is 12.3. The largest absolute Gasteiger partial charge is 0.301 e. The second-order valence-corrected chi connectivity index (χ2v) is 10.4. The van der Waals surface area contributed by atoms with Crippen molar-refractivity contribution < 1.29 is 13.2 Å². The van der Waals surface area contributed by atoms with Crippen LogP contribution in [0.1, 0.15) is 62.4 Å². The average molecular weight is 371 g/mol. The standard InChI is InChI=1S/C17H26N2O3S2/c1-2-5-12-8-9-14-15(10-12)23-17(18-14)19-16(20)11-24(21,22)13-6-3-4-7-13/h12-13H,2-11H2,1H3,(H,18,19,20). The smallest absolute Gasteiger partial charge is 0.241 e. The summed E-state index contributed by atoms with van der Waals surface area (Å²) in [6.07, 6.45) is 8.88. The number of fused-ring (bicyclic) bond motifs is 1. The first kappa shape index (κ1) is 17.9. The number of sulfone groups is 1. The van der Waals surface area contributed by atoms with Crippen LogP contribution in [0.25, 0.3) is 0 Å². The Morgan fingerprint density at radius 2 is 2.04 bits per heavy atom. The van der Waals surface area contributed by atoms with Crippen molar-refractivity contribution in [3.05, 3.63) is 10.6 Å². The molecule has 2 aliphatic carbocycles. The molecule has 7 heteroatoms. The van der Waals surface area contributed by atoms with Gasteiger partial charge in [0.15, 0.2) is 15.0 Å². The first-order chi connectivity index (χ1) is 11.5. The zero-order valence-electron chi connectivity index (χ0n) is 14.2. The summed E-state index contributed by atoms with van der Waals surface area (Å²) in [7, 11) is -3.33. The molecule has 1 unspecified atom stereocenters. The number of thiazole rings is 1. The molecule has 0 spiro atoms. The number of carbonyl (C=O) groups excluding carboxylic acids is 1. The molecule has 24 heavy (non-hydrogen) atoms. The van der Waals surface area contributed by atoms with Gasteiger partial charge in [0, 0.05) is 4.88 Å². The fourth-order valence-electron chi connectivity index (χ4n) is 3.85. The first-order valence-corrected chi connectivity index (χ1v) is 11.5. The quantitative estimate of drug-likeness (QED) is 0.833. The van der Waals surface area contributed by atoms with Gasteiger partial charge >= 0.3 is 0 Å². The number of carbonyl (C=O) groups is 1. The van der Waals surface area contributed by atoms with Crippen molar-refractivity contribution in [3.8, 4) is 0 Å². The molecule has 1 aromatic rings. The molecule has 5 nitrogen and oxygen atoms in total. The zero-order chi connectivity index (χ0) is 17.2. The van der Waals surface area contributed by atoms with E-state index >= 15 is 0 Å². The topological polar surface area (TPSA) is 76.1 Å². The molecule has 1 aromatic heterocycles. The highest BCUT2D eigenvalue weighted by Gasteiger charge is 2.31. The Bertz CT molecular complexity index is 691. The molecule has 1 N–H and O–H groups in total. The third-order valence-corrected chi connectivity index (χ3v) is 8.31. The third kappa shape index (κ3) is 4.17. The molecule has 0 aromatic carbocycles. The highest BCUT2D eigenvalue weighted by atomic mass is 32.2. The van der Waals surface area contributed by atoms with Crippen molar-refractivity contribution >= 4 is 32.2 Å². The summed E-state index contributed by atoms with van der Waals surface area (Å²) in [5.74, 6) is -0.146. The molecule has 0 radical (unpaired) electrons. The Morgan fingerprint density at radius 1 is 1.29 bits per heavy atom. The molecule has 1 fully saturated rings. The van der Waals surface area contributed by atoms with E-state index < -0.39 is 21.5 Å². The van der Waals surface area contributed by atoms with Crippen LogP contribution in [0.2, 0.25) is 0 Å². The Kier molecular flexibility index (Phi) is 5.59. The number of nitrogens with zero attached hydrogens (tertiary/aromatic N) is 1. The second kappa shape index (κ2) is 7.52. The normalized spacial score (nSPS) is 21.6. The lowest BCUT2D eigenvalue weighted by Crippen LogP contribution is -2.29. The monoisotopic (exact) mass is 370 g/mol. The second-order valence-electron chi connectivity index (χ2n) is 7.05. The minimum Gasteiger partial charge on any atom is -0.301 e. The Morgan fingerprint density at radius 3 is 2.75 bits per heavy atom. The van der Waals surface area contributed by atoms with Crippen molar-refractivity contribution in [2.75, 3.05) is 11.1 Å². The summed E-state index contributed by atoms with van der Waals surface area (Å²) in [5.41, 5.74) is 1.08. The molecule has 0 saturated heterocycles. The fourth-order valence-corrected chi connectivity index (χ4v) is 6.72. The lowest BCUT2D eigenvalue weighted by Gasteiger charge is -2.19. The molecule has 134 valence electrons. The number of aryl methyl sites for hydroxylation is 1. The molecule has 1 saturated carbocycles. The highest BCUT2D eigenvalue weighted by molar-refractivity contribution is 7.92. The number of amides is 1. The van der Waals surface area contributed by atoms with Crippen LogP contribution in [0.5, 0.6) is 0 Å². The summed E-state index contributed by atoms with van der Waals surface area (Å²) < 4.78 is 24.5. The summed E-state index contributed by atoms with van der Waals surface area (Å²) in [5, 5.41) is 2.94. The van der Waals surface area contributed by atoms with Crippen molar-refractivity contribution in [1.29, 1.82) is 0 Å². The molecule has 0 bridgehead atoms. The Balaban J connectivity index is 1.59. The lowest BCUT2D eigenvalue weighted by molar-refractivity contribution is -0.113. The summed E-state index contributed by atoms with van der Waals surface area (Å²) in [4.78, 5) is 17.9. The van der Waals surface area contributed by atoms with E-state index in [1.54, 1.807) is 0 Å². The van der Waals surface area contributed by atoms with Crippen molar-refractivity contribution in [1.82, 2.24) is 4.98 Å². The van der Waals surface area contributed by atoms with Crippen LogP contribution in [-0.4, -0.2) is 30.3 Å². The molecular weight excluding hydrogens is 344 g/mol. The Hall–Kier alpha value is -0.950. The van der Waals surface area contributed by atoms with Gasteiger partial charge in [-0.1, -0.05) is 32.6 Å². The van der Waals surface area contributed by atoms with Gasteiger partial charge in [0.2, 0.25) is 5.91 Å². The van der Waals surface area contributed by atoms with Gasteiger partial charge in [-0.05, 0) is 38.0 Å². The van der Waals surface area contributed by atoms with E-state index in [9.17, 15) is 13.2 Å². The van der Waals surface area contributed by atoms with E-state index in [0.29, 0.717) is 23.9 Å². The van der Waals surface area contributed by atoms with E-state index in [1.165, 1.54) is 29.1 Å². The van der Waals surface area contributed by atoms with Crippen LogP contribution < -0.4 is 5.32 Å². The maximum absolute atomic E-state index is 12.3. The first-order valence-electron chi connectivity index (χ1n) is 8.98. The van der Waals surface area contributed by atoms with E-state index in [2.05, 4.69) is 17.2 Å². The number of nitrogens with one attached hydrogen (secondary N) is 1. The lowest BCUT2D eigenvalue weighted by atomic mass is 9.88. The molecule has 1 atom stereocenters. The number of hydrogen-bond donors (Lipinski definition) is 1. The summed E-state index contributed by atoms with van der Waals surface area (Å²) >= 11 is 1.51. The van der Waals surface area contributed by atoms with Crippen LogP contribution >= 0.6 is 11.3 Å². The van der Waals surface area contributed by atoms with Gasteiger partial charge in [-0.15, -0.1) is 11.3 Å². The van der Waals surface area contributed by atoms with Gasteiger partial charge in [0.05, 0.1) is 10.9 Å². The third-order valence-electron chi connectivity index (χ3n) is 5.13. The number of rotatable bonds is 6. The fraction of sp³-hybridized carbons (Fsp3) is 0.765. The SMILES string of the molecule is CCCC1CCc2nc(NC(=O)CS(=O)(=O)C3CCCC3)sc2C1. The molecular formula is C17H26N2O3S2. The van der Waals surface area contributed by atoms with E-state index in [0.717, 1.165) is 37.8 Å². The van der Waals surface area contributed by atoms with Gasteiger partial charge in [-0.2, -0.15) is 0 Å². The predicted octanol–water partition coefficient (Wildman–Crippen LogP) is 3.34. The number of anilines is 1. The predicted molar refractivity (Wildman–Crippen MR) is 97.2 cm³/mol.